The highest BCUT2D eigenvalue weighted by Crippen LogP contribution is 2.28. The Kier molecular flexibility index (Phi) is 5.24. The fraction of sp³-hybridized carbons (Fsp3) is 0.308. The van der Waals surface area contributed by atoms with E-state index in [0.717, 1.165) is 15.7 Å². The minimum atomic E-state index is -0.362. The monoisotopic (exact) mass is 342 g/mol. The summed E-state index contributed by atoms with van der Waals surface area (Å²) in [6, 6.07) is 5.95. The Morgan fingerprint density at radius 3 is 3.00 bits per heavy atom. The Morgan fingerprint density at radius 2 is 2.35 bits per heavy atom. The number of benzene rings is 1. The Labute approximate surface area is 125 Å². The molecular weight excluding hydrogens is 327 g/mol. The number of ether oxygens (including phenoxy) is 1. The van der Waals surface area contributed by atoms with Gasteiger partial charge < -0.3 is 4.74 Å². The van der Waals surface area contributed by atoms with E-state index in [1.807, 2.05) is 6.07 Å². The Bertz CT molecular complexity index is 575. The highest BCUT2D eigenvalue weighted by molar-refractivity contribution is 9.10. The highest BCUT2D eigenvalue weighted by atomic mass is 79.9. The summed E-state index contributed by atoms with van der Waals surface area (Å²) in [5.74, 6) is 5.34. The van der Waals surface area contributed by atoms with Gasteiger partial charge in [-0.25, -0.2) is 9.82 Å². The van der Waals surface area contributed by atoms with Gasteiger partial charge in [0.1, 0.15) is 5.82 Å². The van der Waals surface area contributed by atoms with Crippen LogP contribution in [0.3, 0.4) is 0 Å². The molecule has 0 spiro atoms. The molecule has 108 valence electrons. The lowest BCUT2D eigenvalue weighted by atomic mass is 10.0. The Hall–Kier alpha value is -1.28. The first-order valence-electron chi connectivity index (χ1n) is 6.09. The molecule has 0 saturated heterocycles. The van der Waals surface area contributed by atoms with Gasteiger partial charge in [0.05, 0.1) is 35.6 Å². The van der Waals surface area contributed by atoms with Gasteiger partial charge in [0.2, 0.25) is 0 Å². The van der Waals surface area contributed by atoms with Gasteiger partial charge in [-0.1, -0.05) is 12.1 Å². The van der Waals surface area contributed by atoms with Crippen molar-refractivity contribution in [3.8, 4) is 0 Å². The quantitative estimate of drug-likeness (QED) is 0.622. The molecule has 0 aliphatic heterocycles. The van der Waals surface area contributed by atoms with Crippen molar-refractivity contribution in [3.63, 3.8) is 0 Å². The summed E-state index contributed by atoms with van der Waals surface area (Å²) in [6.07, 6.45) is 1.69. The number of halogens is 2. The summed E-state index contributed by atoms with van der Waals surface area (Å²) in [4.78, 5) is 0. The van der Waals surface area contributed by atoms with Crippen molar-refractivity contribution in [1.29, 1.82) is 0 Å². The van der Waals surface area contributed by atoms with E-state index in [-0.39, 0.29) is 11.9 Å². The van der Waals surface area contributed by atoms with Crippen LogP contribution >= 0.6 is 15.9 Å². The zero-order valence-corrected chi connectivity index (χ0v) is 12.6. The number of rotatable bonds is 6. The zero-order valence-electron chi connectivity index (χ0n) is 11.0. The van der Waals surface area contributed by atoms with Crippen molar-refractivity contribution in [2.45, 2.75) is 12.6 Å². The van der Waals surface area contributed by atoms with Crippen molar-refractivity contribution in [2.24, 2.45) is 5.84 Å². The van der Waals surface area contributed by atoms with Gasteiger partial charge in [-0.3, -0.25) is 10.5 Å². The number of nitrogens with zero attached hydrogens (tertiary/aromatic N) is 2. The van der Waals surface area contributed by atoms with E-state index in [1.54, 1.807) is 24.1 Å². The lowest BCUT2D eigenvalue weighted by Gasteiger charge is -2.19. The first-order chi connectivity index (χ1) is 9.67. The summed E-state index contributed by atoms with van der Waals surface area (Å²) in [5.41, 5.74) is 4.27. The van der Waals surface area contributed by atoms with Crippen LogP contribution in [-0.2, 0) is 11.3 Å². The molecule has 0 aliphatic rings. The van der Waals surface area contributed by atoms with Crippen molar-refractivity contribution in [3.05, 3.63) is 52.0 Å². The summed E-state index contributed by atoms with van der Waals surface area (Å²) >= 11 is 3.45. The maximum absolute atomic E-state index is 13.4. The molecule has 0 aliphatic carbocycles. The van der Waals surface area contributed by atoms with E-state index < -0.39 is 0 Å². The summed E-state index contributed by atoms with van der Waals surface area (Å²) < 4.78 is 21.0. The number of methoxy groups -OCH3 is 1. The van der Waals surface area contributed by atoms with Crippen molar-refractivity contribution in [2.75, 3.05) is 13.7 Å². The first-order valence-corrected chi connectivity index (χ1v) is 6.88. The predicted molar refractivity (Wildman–Crippen MR) is 77.4 cm³/mol. The number of nitrogens with two attached hydrogens (primary N) is 1. The molecule has 7 heteroatoms. The van der Waals surface area contributed by atoms with Crippen LogP contribution < -0.4 is 11.3 Å². The second-order valence-electron chi connectivity index (χ2n) is 4.25. The third-order valence-electron chi connectivity index (χ3n) is 2.96. The normalized spacial score (nSPS) is 12.6. The topological polar surface area (TPSA) is 65.1 Å². The molecule has 3 N–H and O–H groups in total. The van der Waals surface area contributed by atoms with Crippen LogP contribution in [0.4, 0.5) is 4.39 Å². The Balaban J connectivity index is 2.38. The second-order valence-corrected chi connectivity index (χ2v) is 5.10. The number of aromatic nitrogens is 2. The minimum Gasteiger partial charge on any atom is -0.383 e. The van der Waals surface area contributed by atoms with E-state index >= 15 is 0 Å². The first kappa shape index (κ1) is 15.1. The van der Waals surface area contributed by atoms with Crippen LogP contribution in [0.5, 0.6) is 0 Å². The third kappa shape index (κ3) is 3.24. The van der Waals surface area contributed by atoms with Crippen molar-refractivity contribution in [1.82, 2.24) is 15.2 Å². The lowest BCUT2D eigenvalue weighted by Crippen LogP contribution is -2.31. The average Bonchev–Trinajstić information content (AvgIpc) is 2.79. The molecule has 1 aromatic carbocycles. The maximum Gasteiger partial charge on any atom is 0.123 e. The van der Waals surface area contributed by atoms with E-state index in [1.165, 1.54) is 12.1 Å². The van der Waals surface area contributed by atoms with Gasteiger partial charge in [0.15, 0.2) is 0 Å². The second kappa shape index (κ2) is 6.94. The number of hydrazine groups is 1. The van der Waals surface area contributed by atoms with Gasteiger partial charge in [0.25, 0.3) is 0 Å². The molecule has 1 heterocycles. The molecule has 2 rings (SSSR count). The molecule has 0 bridgehead atoms. The van der Waals surface area contributed by atoms with E-state index in [9.17, 15) is 4.39 Å². The molecule has 0 fully saturated rings. The molecule has 5 nitrogen and oxygen atoms in total. The SMILES string of the molecule is COCCn1ncc(Br)c1C(NN)c1cccc(F)c1. The molecule has 1 atom stereocenters. The minimum absolute atomic E-state index is 0.304. The van der Waals surface area contributed by atoms with Crippen molar-refractivity contribution >= 4 is 15.9 Å². The zero-order chi connectivity index (χ0) is 14.5. The molecule has 0 radical (unpaired) electrons. The Morgan fingerprint density at radius 1 is 1.55 bits per heavy atom. The summed E-state index contributed by atoms with van der Waals surface area (Å²) in [7, 11) is 1.63. The maximum atomic E-state index is 13.4. The van der Waals surface area contributed by atoms with Gasteiger partial charge >= 0.3 is 0 Å². The molecule has 20 heavy (non-hydrogen) atoms. The van der Waals surface area contributed by atoms with Gasteiger partial charge in [-0.05, 0) is 33.6 Å². The number of hydrogen-bond acceptors (Lipinski definition) is 4. The van der Waals surface area contributed by atoms with Crippen LogP contribution in [0.25, 0.3) is 0 Å². The fourth-order valence-electron chi connectivity index (χ4n) is 2.03. The van der Waals surface area contributed by atoms with Crippen LogP contribution in [0.1, 0.15) is 17.3 Å². The molecule has 1 unspecified atom stereocenters. The van der Waals surface area contributed by atoms with Crippen LogP contribution in [0, 0.1) is 5.82 Å². The molecule has 2 aromatic rings. The smallest absolute Gasteiger partial charge is 0.123 e. The largest absolute Gasteiger partial charge is 0.383 e. The van der Waals surface area contributed by atoms with Gasteiger partial charge in [0, 0.05) is 7.11 Å². The van der Waals surface area contributed by atoms with Gasteiger partial charge in [-0.15, -0.1) is 0 Å². The van der Waals surface area contributed by atoms with Crippen LogP contribution in [0.15, 0.2) is 34.9 Å². The van der Waals surface area contributed by atoms with Crippen LogP contribution in [-0.4, -0.2) is 23.5 Å². The van der Waals surface area contributed by atoms with E-state index in [4.69, 9.17) is 10.6 Å². The highest BCUT2D eigenvalue weighted by Gasteiger charge is 2.21. The van der Waals surface area contributed by atoms with E-state index in [0.29, 0.717) is 13.2 Å². The predicted octanol–water partition coefficient (Wildman–Crippen LogP) is 1.98. The average molecular weight is 343 g/mol. The van der Waals surface area contributed by atoms with Crippen LogP contribution in [0.2, 0.25) is 0 Å². The summed E-state index contributed by atoms with van der Waals surface area (Å²) in [5, 5.41) is 4.27. The number of hydrogen-bond donors (Lipinski definition) is 2. The molecule has 1 aromatic heterocycles. The number of nitrogens with one attached hydrogen (secondary N) is 1. The van der Waals surface area contributed by atoms with E-state index in [2.05, 4.69) is 26.5 Å². The van der Waals surface area contributed by atoms with Crippen molar-refractivity contribution < 1.29 is 9.13 Å². The third-order valence-corrected chi connectivity index (χ3v) is 3.57. The van der Waals surface area contributed by atoms with Gasteiger partial charge in [-0.2, -0.15) is 5.10 Å². The molecule has 0 amide bonds. The lowest BCUT2D eigenvalue weighted by molar-refractivity contribution is 0.182. The molecule has 0 saturated carbocycles. The summed E-state index contributed by atoms with van der Waals surface area (Å²) in [6.45, 7) is 1.12. The standard InChI is InChI=1S/C13H16BrFN4O/c1-20-6-5-19-13(11(14)8-17-19)12(18-16)9-3-2-4-10(15)7-9/h2-4,7-8,12,18H,5-6,16H2,1H3. The molecular formula is C13H16BrFN4O. The fourth-order valence-corrected chi connectivity index (χ4v) is 2.56.